The largest absolute Gasteiger partial charge is 0.461 e. The van der Waals surface area contributed by atoms with Gasteiger partial charge in [-0.3, -0.25) is 15.0 Å². The number of Topliss-reactive ketones (excluding diaryl/α,β-unsaturated/α-hetero) is 1. The van der Waals surface area contributed by atoms with Crippen LogP contribution >= 0.6 is 12.4 Å². The van der Waals surface area contributed by atoms with Crippen molar-refractivity contribution in [3.05, 3.63) is 0 Å². The van der Waals surface area contributed by atoms with Crippen LogP contribution in [0.4, 0.5) is 0 Å². The lowest BCUT2D eigenvalue weighted by molar-refractivity contribution is -0.163. The number of halogens is 1. The number of fused-ring (bicyclic) bond motifs is 5. The van der Waals surface area contributed by atoms with E-state index in [1.54, 1.807) is 14.0 Å². The van der Waals surface area contributed by atoms with Crippen LogP contribution < -0.4 is 5.73 Å². The third kappa shape index (κ3) is 4.17. The topological polar surface area (TPSA) is 96.5 Å². The standard InChI is InChI=1S/C25H41N3O3.ClH/c1-15(29)19-7-8-20-18-6-5-16-13-17(31-22(30)14-28(4)23(26)27)9-11-24(16,2)21(18)10-12-25(19,20)3;/h16-21H,5-14H2,1-4H3,(H3,26,27);1H/t16-,17-,18+,19-,20+,21+,24+,25-;/m1./s1. The van der Waals surface area contributed by atoms with Crippen molar-refractivity contribution in [1.82, 2.24) is 4.90 Å². The number of nitrogens with two attached hydrogens (primary N) is 1. The van der Waals surface area contributed by atoms with Gasteiger partial charge in [-0.05, 0) is 99.2 Å². The Morgan fingerprint density at radius 3 is 2.34 bits per heavy atom. The molecule has 4 rings (SSSR count). The van der Waals surface area contributed by atoms with Crippen LogP contribution in [-0.2, 0) is 14.3 Å². The smallest absolute Gasteiger partial charge is 0.325 e. The quantitative estimate of drug-likeness (QED) is 0.363. The second kappa shape index (κ2) is 9.15. The summed E-state index contributed by atoms with van der Waals surface area (Å²) in [5.41, 5.74) is 5.98. The first kappa shape index (κ1) is 25.3. The lowest BCUT2D eigenvalue weighted by Gasteiger charge is -2.61. The molecule has 0 amide bonds. The predicted octanol–water partition coefficient (Wildman–Crippen LogP) is 4.39. The lowest BCUT2D eigenvalue weighted by Crippen LogP contribution is -2.54. The molecule has 0 heterocycles. The number of esters is 1. The molecule has 7 heteroatoms. The van der Waals surface area contributed by atoms with Crippen LogP contribution in [0.25, 0.3) is 0 Å². The van der Waals surface area contributed by atoms with E-state index in [2.05, 4.69) is 13.8 Å². The Hall–Kier alpha value is -1.30. The van der Waals surface area contributed by atoms with Crippen LogP contribution in [0, 0.1) is 45.8 Å². The maximum Gasteiger partial charge on any atom is 0.325 e. The minimum Gasteiger partial charge on any atom is -0.461 e. The van der Waals surface area contributed by atoms with E-state index in [1.807, 2.05) is 0 Å². The molecular formula is C25H42ClN3O3. The minimum atomic E-state index is -0.283. The van der Waals surface area contributed by atoms with Crippen LogP contribution in [0.5, 0.6) is 0 Å². The number of nitrogens with one attached hydrogen (secondary N) is 1. The fraction of sp³-hybridized carbons (Fsp3) is 0.880. The Labute approximate surface area is 199 Å². The van der Waals surface area contributed by atoms with Crippen molar-refractivity contribution < 1.29 is 14.3 Å². The Balaban J connectivity index is 0.00000289. The van der Waals surface area contributed by atoms with E-state index in [1.165, 1.54) is 37.0 Å². The molecule has 0 bridgehead atoms. The summed E-state index contributed by atoms with van der Waals surface area (Å²) in [5.74, 6) is 3.09. The number of hydrogen-bond acceptors (Lipinski definition) is 4. The fourth-order valence-electron chi connectivity index (χ4n) is 8.50. The average Bonchev–Trinajstić information content (AvgIpc) is 3.05. The molecule has 4 aliphatic carbocycles. The van der Waals surface area contributed by atoms with E-state index in [4.69, 9.17) is 15.9 Å². The third-order valence-electron chi connectivity index (χ3n) is 10.2. The van der Waals surface area contributed by atoms with E-state index in [-0.39, 0.29) is 48.3 Å². The number of likely N-dealkylation sites (N-methyl/N-ethyl adjacent to an activating group) is 1. The summed E-state index contributed by atoms with van der Waals surface area (Å²) >= 11 is 0. The molecule has 32 heavy (non-hydrogen) atoms. The van der Waals surface area contributed by atoms with E-state index in [0.717, 1.165) is 37.5 Å². The first-order chi connectivity index (χ1) is 14.6. The zero-order valence-electron chi connectivity index (χ0n) is 20.2. The second-order valence-electron chi connectivity index (χ2n) is 11.6. The third-order valence-corrected chi connectivity index (χ3v) is 10.2. The maximum atomic E-state index is 12.3. The molecule has 0 radical (unpaired) electrons. The number of hydrogen-bond donors (Lipinski definition) is 2. The first-order valence-corrected chi connectivity index (χ1v) is 12.3. The van der Waals surface area contributed by atoms with Gasteiger partial charge in [-0.2, -0.15) is 0 Å². The Morgan fingerprint density at radius 1 is 1.03 bits per heavy atom. The van der Waals surface area contributed by atoms with E-state index < -0.39 is 0 Å². The molecule has 6 nitrogen and oxygen atoms in total. The van der Waals surface area contributed by atoms with Crippen molar-refractivity contribution in [2.75, 3.05) is 13.6 Å². The van der Waals surface area contributed by atoms with Gasteiger partial charge in [0, 0.05) is 13.0 Å². The van der Waals surface area contributed by atoms with Crippen LogP contribution in [0.1, 0.15) is 78.6 Å². The molecule has 8 atom stereocenters. The normalized spacial score (nSPS) is 42.5. The van der Waals surface area contributed by atoms with Gasteiger partial charge in [-0.15, -0.1) is 12.4 Å². The van der Waals surface area contributed by atoms with Gasteiger partial charge in [0.1, 0.15) is 18.4 Å². The summed E-state index contributed by atoms with van der Waals surface area (Å²) in [5, 5.41) is 7.42. The molecule has 0 aliphatic heterocycles. The highest BCUT2D eigenvalue weighted by atomic mass is 35.5. The lowest BCUT2D eigenvalue weighted by atomic mass is 9.44. The Bertz CT molecular complexity index is 761. The molecule has 0 unspecified atom stereocenters. The zero-order valence-corrected chi connectivity index (χ0v) is 21.0. The Morgan fingerprint density at radius 2 is 1.69 bits per heavy atom. The highest BCUT2D eigenvalue weighted by Gasteiger charge is 2.60. The summed E-state index contributed by atoms with van der Waals surface area (Å²) in [4.78, 5) is 26.0. The molecule has 0 aromatic carbocycles. The average molecular weight is 468 g/mol. The van der Waals surface area contributed by atoms with Gasteiger partial charge >= 0.3 is 5.97 Å². The fourth-order valence-corrected chi connectivity index (χ4v) is 8.50. The molecule has 0 aromatic heterocycles. The van der Waals surface area contributed by atoms with Gasteiger partial charge in [-0.1, -0.05) is 13.8 Å². The summed E-state index contributed by atoms with van der Waals surface area (Å²) in [6.45, 7) is 6.77. The number of rotatable bonds is 4. The Kier molecular flexibility index (Phi) is 7.24. The maximum absolute atomic E-state index is 12.3. The van der Waals surface area contributed by atoms with Gasteiger partial charge in [0.05, 0.1) is 0 Å². The second-order valence-corrected chi connectivity index (χ2v) is 11.6. The summed E-state index contributed by atoms with van der Waals surface area (Å²) < 4.78 is 5.80. The number of carbonyl (C=O) groups is 2. The highest BCUT2D eigenvalue weighted by Crippen LogP contribution is 2.67. The SMILES string of the molecule is CC(=O)[C@H]1CC[C@H]2[C@@H]3CC[C@@H]4C[C@H](OC(=O)CN(C)C(=N)N)CC[C@]4(C)[C@H]3CC[C@]12C.Cl. The highest BCUT2D eigenvalue weighted by molar-refractivity contribution is 5.85. The van der Waals surface area contributed by atoms with Crippen LogP contribution in [-0.4, -0.2) is 42.3 Å². The molecule has 0 spiro atoms. The van der Waals surface area contributed by atoms with Crippen molar-refractivity contribution in [1.29, 1.82) is 5.41 Å². The van der Waals surface area contributed by atoms with Gasteiger partial charge in [-0.25, -0.2) is 0 Å². The van der Waals surface area contributed by atoms with E-state index in [9.17, 15) is 9.59 Å². The molecule has 4 saturated carbocycles. The van der Waals surface area contributed by atoms with Crippen molar-refractivity contribution >= 4 is 30.1 Å². The molecular weight excluding hydrogens is 426 g/mol. The number of nitrogens with zero attached hydrogens (tertiary/aromatic N) is 1. The summed E-state index contributed by atoms with van der Waals surface area (Å²) in [6.07, 6.45) is 10.3. The van der Waals surface area contributed by atoms with Crippen molar-refractivity contribution in [2.24, 2.45) is 46.2 Å². The number of ketones is 1. The number of guanidine groups is 1. The summed E-state index contributed by atoms with van der Waals surface area (Å²) in [7, 11) is 1.64. The van der Waals surface area contributed by atoms with Gasteiger partial charge in [0.15, 0.2) is 5.96 Å². The predicted molar refractivity (Wildman–Crippen MR) is 128 cm³/mol. The molecule has 0 aromatic rings. The number of ether oxygens (including phenoxy) is 1. The number of carbonyl (C=O) groups excluding carboxylic acids is 2. The molecule has 4 fully saturated rings. The van der Waals surface area contributed by atoms with E-state index in [0.29, 0.717) is 23.0 Å². The van der Waals surface area contributed by atoms with Crippen molar-refractivity contribution in [3.8, 4) is 0 Å². The van der Waals surface area contributed by atoms with Crippen LogP contribution in [0.2, 0.25) is 0 Å². The van der Waals surface area contributed by atoms with Crippen LogP contribution in [0.3, 0.4) is 0 Å². The zero-order chi connectivity index (χ0) is 22.6. The van der Waals surface area contributed by atoms with Crippen molar-refractivity contribution in [2.45, 2.75) is 84.7 Å². The van der Waals surface area contributed by atoms with Crippen molar-refractivity contribution in [3.63, 3.8) is 0 Å². The molecule has 182 valence electrons. The summed E-state index contributed by atoms with van der Waals surface area (Å²) in [6, 6.07) is 0. The van der Waals surface area contributed by atoms with E-state index >= 15 is 0 Å². The van der Waals surface area contributed by atoms with Gasteiger partial charge < -0.3 is 15.4 Å². The van der Waals surface area contributed by atoms with Gasteiger partial charge in [0.25, 0.3) is 0 Å². The molecule has 3 N–H and O–H groups in total. The first-order valence-electron chi connectivity index (χ1n) is 12.3. The minimum absolute atomic E-state index is 0. The van der Waals surface area contributed by atoms with Crippen LogP contribution in [0.15, 0.2) is 0 Å². The molecule has 4 aliphatic rings. The monoisotopic (exact) mass is 467 g/mol. The molecule has 0 saturated heterocycles. The van der Waals surface area contributed by atoms with Gasteiger partial charge in [0.2, 0.25) is 0 Å².